The number of amides is 1. The lowest BCUT2D eigenvalue weighted by molar-refractivity contribution is 0.102. The number of aromatic nitrogens is 2. The molecule has 0 saturated heterocycles. The molecule has 3 aromatic rings. The third-order valence-electron chi connectivity index (χ3n) is 3.65. The van der Waals surface area contributed by atoms with Gasteiger partial charge in [0.1, 0.15) is 11.3 Å². The molecule has 3 rings (SSSR count). The molecule has 1 aromatic heterocycles. The zero-order valence-electron chi connectivity index (χ0n) is 13.7. The van der Waals surface area contributed by atoms with Gasteiger partial charge in [0.2, 0.25) is 0 Å². The summed E-state index contributed by atoms with van der Waals surface area (Å²) >= 11 is 5.80. The van der Waals surface area contributed by atoms with Crippen LogP contribution in [0.15, 0.2) is 64.3 Å². The third kappa shape index (κ3) is 3.52. The van der Waals surface area contributed by atoms with E-state index in [1.807, 2.05) is 0 Å². The average Bonchev–Trinajstić information content (AvgIpc) is 2.64. The molecule has 7 nitrogen and oxygen atoms in total. The number of rotatable bonds is 4. The van der Waals surface area contributed by atoms with Crippen molar-refractivity contribution in [3.63, 3.8) is 0 Å². The number of halogens is 1. The number of ether oxygens (including phenoxy) is 1. The third-order valence-corrected chi connectivity index (χ3v) is 3.91. The molecule has 0 atom stereocenters. The zero-order valence-corrected chi connectivity index (χ0v) is 14.4. The van der Waals surface area contributed by atoms with Crippen LogP contribution in [0.5, 0.6) is 5.75 Å². The lowest BCUT2D eigenvalue weighted by atomic mass is 10.2. The smallest absolute Gasteiger partial charge is 0.333 e. The van der Waals surface area contributed by atoms with E-state index in [0.717, 1.165) is 10.8 Å². The molecule has 2 N–H and O–H groups in total. The first-order valence-electron chi connectivity index (χ1n) is 7.55. The lowest BCUT2D eigenvalue weighted by Crippen LogP contribution is -2.38. The lowest BCUT2D eigenvalue weighted by Gasteiger charge is -2.09. The molecular weight excluding hydrogens is 358 g/mol. The molecule has 0 spiro atoms. The maximum atomic E-state index is 12.7. The second-order valence-corrected chi connectivity index (χ2v) is 5.74. The van der Waals surface area contributed by atoms with Crippen LogP contribution >= 0.6 is 11.6 Å². The van der Waals surface area contributed by atoms with E-state index >= 15 is 0 Å². The molecule has 0 unspecified atom stereocenters. The Morgan fingerprint density at radius 2 is 1.73 bits per heavy atom. The normalized spacial score (nSPS) is 10.4. The number of carbonyl (C=O) groups is 1. The van der Waals surface area contributed by atoms with Crippen LogP contribution in [-0.4, -0.2) is 22.6 Å². The van der Waals surface area contributed by atoms with Gasteiger partial charge in [0.25, 0.3) is 11.5 Å². The van der Waals surface area contributed by atoms with Gasteiger partial charge in [-0.2, -0.15) is 0 Å². The quantitative estimate of drug-likeness (QED) is 0.736. The number of aromatic amines is 1. The first kappa shape index (κ1) is 17.5. The maximum absolute atomic E-state index is 12.7. The van der Waals surface area contributed by atoms with Crippen LogP contribution in [0, 0.1) is 0 Å². The summed E-state index contributed by atoms with van der Waals surface area (Å²) < 4.78 is 5.94. The number of methoxy groups -OCH3 is 1. The highest BCUT2D eigenvalue weighted by Gasteiger charge is 2.16. The van der Waals surface area contributed by atoms with Gasteiger partial charge in [-0.15, -0.1) is 0 Å². The first-order chi connectivity index (χ1) is 12.5. The van der Waals surface area contributed by atoms with Crippen LogP contribution in [-0.2, 0) is 0 Å². The van der Waals surface area contributed by atoms with Crippen LogP contribution in [0.2, 0.25) is 5.02 Å². The Balaban J connectivity index is 1.98. The van der Waals surface area contributed by atoms with Gasteiger partial charge >= 0.3 is 5.69 Å². The van der Waals surface area contributed by atoms with Crippen molar-refractivity contribution in [1.29, 1.82) is 0 Å². The number of benzene rings is 2. The van der Waals surface area contributed by atoms with Gasteiger partial charge in [-0.25, -0.2) is 9.36 Å². The Morgan fingerprint density at radius 1 is 1.08 bits per heavy atom. The summed E-state index contributed by atoms with van der Waals surface area (Å²) in [5, 5.41) is 3.11. The van der Waals surface area contributed by atoms with E-state index in [1.54, 1.807) is 48.5 Å². The van der Waals surface area contributed by atoms with Gasteiger partial charge < -0.3 is 15.0 Å². The molecule has 0 fully saturated rings. The molecule has 0 bridgehead atoms. The summed E-state index contributed by atoms with van der Waals surface area (Å²) in [6.45, 7) is 0. The summed E-state index contributed by atoms with van der Waals surface area (Å²) in [6, 6.07) is 12.8. The van der Waals surface area contributed by atoms with E-state index in [0.29, 0.717) is 22.1 Å². The monoisotopic (exact) mass is 371 g/mol. The highest BCUT2D eigenvalue weighted by Crippen LogP contribution is 2.14. The molecule has 0 aliphatic heterocycles. The molecule has 0 radical (unpaired) electrons. The minimum absolute atomic E-state index is 0.199. The summed E-state index contributed by atoms with van der Waals surface area (Å²) in [5.41, 5.74) is -0.789. The fraction of sp³-hybridized carbons (Fsp3) is 0.0556. The number of anilines is 1. The molecule has 2 aromatic carbocycles. The molecule has 1 amide bonds. The fourth-order valence-electron chi connectivity index (χ4n) is 2.33. The van der Waals surface area contributed by atoms with Crippen molar-refractivity contribution in [3.8, 4) is 11.4 Å². The van der Waals surface area contributed by atoms with Crippen molar-refractivity contribution in [2.75, 3.05) is 12.4 Å². The Hall–Kier alpha value is -3.32. The standard InChI is InChI=1S/C18H14ClN3O4/c1-26-14-8-6-13(7-9-14)22-17(24)15(10-20-18(22)25)16(23)21-12-4-2-11(19)3-5-12/h2-10H,1H3,(H,20,25)(H,21,23). The fourth-order valence-corrected chi connectivity index (χ4v) is 2.46. The van der Waals surface area contributed by atoms with E-state index < -0.39 is 17.2 Å². The van der Waals surface area contributed by atoms with E-state index in [1.165, 1.54) is 7.11 Å². The van der Waals surface area contributed by atoms with Crippen molar-refractivity contribution in [2.24, 2.45) is 0 Å². The maximum Gasteiger partial charge on any atom is 0.333 e. The van der Waals surface area contributed by atoms with Gasteiger partial charge in [0.15, 0.2) is 0 Å². The van der Waals surface area contributed by atoms with Crippen molar-refractivity contribution < 1.29 is 9.53 Å². The Morgan fingerprint density at radius 3 is 2.35 bits per heavy atom. The predicted octanol–water partition coefficient (Wildman–Crippen LogP) is 2.44. The first-order valence-corrected chi connectivity index (χ1v) is 7.93. The molecule has 0 aliphatic rings. The topological polar surface area (TPSA) is 93.2 Å². The van der Waals surface area contributed by atoms with Crippen molar-refractivity contribution in [3.05, 3.63) is 86.2 Å². The minimum Gasteiger partial charge on any atom is -0.497 e. The number of H-pyrrole nitrogens is 1. The number of nitrogens with one attached hydrogen (secondary N) is 2. The molecular formula is C18H14ClN3O4. The van der Waals surface area contributed by atoms with E-state index in [2.05, 4.69) is 10.3 Å². The number of hydrogen-bond acceptors (Lipinski definition) is 4. The van der Waals surface area contributed by atoms with Crippen LogP contribution in [0.1, 0.15) is 10.4 Å². The largest absolute Gasteiger partial charge is 0.497 e. The van der Waals surface area contributed by atoms with Gasteiger partial charge in [0.05, 0.1) is 12.8 Å². The molecule has 0 aliphatic carbocycles. The van der Waals surface area contributed by atoms with Crippen molar-refractivity contribution in [1.82, 2.24) is 9.55 Å². The summed E-state index contributed by atoms with van der Waals surface area (Å²) in [4.78, 5) is 39.6. The van der Waals surface area contributed by atoms with Gasteiger partial charge in [-0.05, 0) is 48.5 Å². The molecule has 1 heterocycles. The van der Waals surface area contributed by atoms with E-state index in [-0.39, 0.29) is 5.56 Å². The van der Waals surface area contributed by atoms with E-state index in [9.17, 15) is 14.4 Å². The molecule has 8 heteroatoms. The van der Waals surface area contributed by atoms with Gasteiger partial charge in [-0.3, -0.25) is 9.59 Å². The Labute approximate surface area is 152 Å². The SMILES string of the molecule is COc1ccc(-n2c(=O)[nH]cc(C(=O)Nc3ccc(Cl)cc3)c2=O)cc1. The number of hydrogen-bond donors (Lipinski definition) is 2. The zero-order chi connectivity index (χ0) is 18.7. The number of carbonyl (C=O) groups excluding carboxylic acids is 1. The van der Waals surface area contributed by atoms with Crippen LogP contribution in [0.25, 0.3) is 5.69 Å². The van der Waals surface area contributed by atoms with Crippen molar-refractivity contribution in [2.45, 2.75) is 0 Å². The van der Waals surface area contributed by atoms with Crippen LogP contribution in [0.3, 0.4) is 0 Å². The summed E-state index contributed by atoms with van der Waals surface area (Å²) in [7, 11) is 1.51. The van der Waals surface area contributed by atoms with Gasteiger partial charge in [-0.1, -0.05) is 11.6 Å². The second-order valence-electron chi connectivity index (χ2n) is 5.31. The van der Waals surface area contributed by atoms with Gasteiger partial charge in [0, 0.05) is 16.9 Å². The molecule has 0 saturated carbocycles. The predicted molar refractivity (Wildman–Crippen MR) is 98.6 cm³/mol. The van der Waals surface area contributed by atoms with Crippen LogP contribution < -0.4 is 21.3 Å². The summed E-state index contributed by atoms with van der Waals surface area (Å²) in [6.07, 6.45) is 1.09. The summed E-state index contributed by atoms with van der Waals surface area (Å²) in [5.74, 6) is -0.0642. The van der Waals surface area contributed by atoms with Crippen molar-refractivity contribution >= 4 is 23.2 Å². The molecule has 26 heavy (non-hydrogen) atoms. The number of nitrogens with zero attached hydrogens (tertiary/aromatic N) is 1. The minimum atomic E-state index is -0.731. The Kier molecular flexibility index (Phi) is 4.90. The van der Waals surface area contributed by atoms with Crippen LogP contribution in [0.4, 0.5) is 5.69 Å². The molecule has 132 valence electrons. The highest BCUT2D eigenvalue weighted by atomic mass is 35.5. The average molecular weight is 372 g/mol. The Bertz CT molecular complexity index is 1050. The van der Waals surface area contributed by atoms with E-state index in [4.69, 9.17) is 16.3 Å². The highest BCUT2D eigenvalue weighted by molar-refractivity contribution is 6.30. The second kappa shape index (κ2) is 7.28.